The van der Waals surface area contributed by atoms with E-state index in [-0.39, 0.29) is 38.0 Å². The van der Waals surface area contributed by atoms with E-state index in [0.29, 0.717) is 71.0 Å². The SMILES string of the molecule is C.CC(=O)[C@@H](NC(=O)C1CCCN1C(=O)C1CCCN1C(=O)[C@@H](N)CO)[C@@H](C)O.C[C@@H](O)[C@H](N)C(=O)N1CCCC1C(=O)N1CCCC1(Cc1ccccc1)C(=O)N[C@H](C(N)=O)[C@@H](C)O. The number of Topliss-reactive ketones (excluding diaryl/α,β-unsaturated/α-hetero) is 1. The van der Waals surface area contributed by atoms with Crippen molar-refractivity contribution in [2.24, 2.45) is 17.2 Å². The number of ketones is 1. The van der Waals surface area contributed by atoms with Gasteiger partial charge in [0.15, 0.2) is 5.78 Å². The average molecular weight is 918 g/mol. The predicted molar refractivity (Wildman–Crippen MR) is 237 cm³/mol. The summed E-state index contributed by atoms with van der Waals surface area (Å²) in [7, 11) is 0. The molecule has 364 valence electrons. The van der Waals surface area contributed by atoms with Gasteiger partial charge in [-0.25, -0.2) is 0 Å². The second-order valence-electron chi connectivity index (χ2n) is 17.3. The van der Waals surface area contributed by atoms with Gasteiger partial charge in [0, 0.05) is 32.6 Å². The molecule has 21 heteroatoms. The van der Waals surface area contributed by atoms with Gasteiger partial charge in [0.25, 0.3) is 0 Å². The van der Waals surface area contributed by atoms with Crippen molar-refractivity contribution in [2.75, 3.05) is 32.8 Å². The number of aliphatic hydroxyl groups is 4. The Morgan fingerprint density at radius 3 is 1.74 bits per heavy atom. The second-order valence-corrected chi connectivity index (χ2v) is 17.3. The third-order valence-corrected chi connectivity index (χ3v) is 12.6. The second kappa shape index (κ2) is 23.9. The zero-order valence-electron chi connectivity index (χ0n) is 37.1. The highest BCUT2D eigenvalue weighted by Crippen LogP contribution is 2.36. The topological polar surface area (TPSA) is 333 Å². The lowest BCUT2D eigenvalue weighted by molar-refractivity contribution is -0.152. The highest BCUT2D eigenvalue weighted by atomic mass is 16.3. The summed E-state index contributed by atoms with van der Waals surface area (Å²) in [5, 5.41) is 43.7. The van der Waals surface area contributed by atoms with Crippen LogP contribution in [-0.2, 0) is 44.8 Å². The maximum atomic E-state index is 13.9. The molecular weight excluding hydrogens is 847 g/mol. The van der Waals surface area contributed by atoms with Crippen LogP contribution in [0.3, 0.4) is 0 Å². The Hall–Kier alpha value is -5.06. The molecule has 1 aromatic rings. The third kappa shape index (κ3) is 12.6. The van der Waals surface area contributed by atoms with Crippen molar-refractivity contribution >= 4 is 47.1 Å². The largest absolute Gasteiger partial charge is 0.394 e. The normalized spacial score (nSPS) is 24.9. The molecule has 65 heavy (non-hydrogen) atoms. The van der Waals surface area contributed by atoms with Crippen molar-refractivity contribution in [3.63, 3.8) is 0 Å². The third-order valence-electron chi connectivity index (χ3n) is 12.6. The molecule has 11 atom stereocenters. The van der Waals surface area contributed by atoms with Gasteiger partial charge in [0.2, 0.25) is 41.4 Å². The Kier molecular flexibility index (Phi) is 20.0. The molecule has 4 heterocycles. The smallest absolute Gasteiger partial charge is 0.247 e. The van der Waals surface area contributed by atoms with E-state index < -0.39 is 102 Å². The Labute approximate surface area is 380 Å². The van der Waals surface area contributed by atoms with Crippen LogP contribution in [0.5, 0.6) is 0 Å². The van der Waals surface area contributed by atoms with E-state index in [1.807, 2.05) is 30.3 Å². The van der Waals surface area contributed by atoms with Gasteiger partial charge >= 0.3 is 0 Å². The fourth-order valence-electron chi connectivity index (χ4n) is 9.09. The van der Waals surface area contributed by atoms with Gasteiger partial charge in [0.1, 0.15) is 47.8 Å². The van der Waals surface area contributed by atoms with Crippen LogP contribution in [0.2, 0.25) is 0 Å². The van der Waals surface area contributed by atoms with Crippen LogP contribution in [0.15, 0.2) is 30.3 Å². The molecule has 4 aliphatic rings. The summed E-state index contributed by atoms with van der Waals surface area (Å²) in [4.78, 5) is 108. The molecule has 12 N–H and O–H groups in total. The number of rotatable bonds is 16. The molecule has 21 nitrogen and oxygen atoms in total. The molecule has 5 rings (SSSR count). The number of hydrogen-bond donors (Lipinski definition) is 9. The Morgan fingerprint density at radius 2 is 1.23 bits per heavy atom. The van der Waals surface area contributed by atoms with Gasteiger partial charge in [0.05, 0.1) is 24.9 Å². The number of aliphatic hydroxyl groups excluding tert-OH is 4. The molecule has 4 fully saturated rings. The van der Waals surface area contributed by atoms with E-state index in [9.17, 15) is 53.7 Å². The monoisotopic (exact) mass is 918 g/mol. The molecular formula is C44H71N9O12. The molecule has 7 amide bonds. The Balaban J connectivity index is 0.000000351. The summed E-state index contributed by atoms with van der Waals surface area (Å²) in [5.74, 6) is -4.04. The molecule has 0 radical (unpaired) electrons. The molecule has 4 aliphatic heterocycles. The maximum Gasteiger partial charge on any atom is 0.247 e. The Bertz CT molecular complexity index is 1850. The lowest BCUT2D eigenvalue weighted by Crippen LogP contribution is -2.65. The van der Waals surface area contributed by atoms with Crippen molar-refractivity contribution in [2.45, 2.75) is 159 Å². The molecule has 4 unspecified atom stereocenters. The minimum Gasteiger partial charge on any atom is -0.394 e. The van der Waals surface area contributed by atoms with Gasteiger partial charge in [-0.15, -0.1) is 0 Å². The first-order valence-electron chi connectivity index (χ1n) is 22.0. The number of primary amides is 1. The first-order chi connectivity index (χ1) is 30.2. The van der Waals surface area contributed by atoms with Crippen molar-refractivity contribution in [1.29, 1.82) is 0 Å². The van der Waals surface area contributed by atoms with E-state index in [1.165, 1.54) is 47.3 Å². The van der Waals surface area contributed by atoms with Gasteiger partial charge in [-0.3, -0.25) is 38.4 Å². The summed E-state index contributed by atoms with van der Waals surface area (Å²) in [6.07, 6.45) is 0.884. The first-order valence-corrected chi connectivity index (χ1v) is 22.0. The van der Waals surface area contributed by atoms with Crippen LogP contribution < -0.4 is 27.8 Å². The summed E-state index contributed by atoms with van der Waals surface area (Å²) >= 11 is 0. The molecule has 4 saturated heterocycles. The van der Waals surface area contributed by atoms with E-state index in [1.54, 1.807) is 0 Å². The van der Waals surface area contributed by atoms with Gasteiger partial charge in [-0.2, -0.15) is 0 Å². The van der Waals surface area contributed by atoms with Gasteiger partial charge in [-0.1, -0.05) is 37.8 Å². The quantitative estimate of drug-likeness (QED) is 0.0800. The van der Waals surface area contributed by atoms with Crippen LogP contribution in [0.4, 0.5) is 0 Å². The lowest BCUT2D eigenvalue weighted by Gasteiger charge is -2.41. The number of likely N-dealkylation sites (tertiary alicyclic amines) is 4. The van der Waals surface area contributed by atoms with Crippen LogP contribution in [-0.4, -0.2) is 186 Å². The number of nitrogens with two attached hydrogens (primary N) is 3. The number of amides is 7. The summed E-state index contributed by atoms with van der Waals surface area (Å²) < 4.78 is 0. The van der Waals surface area contributed by atoms with Gasteiger partial charge in [-0.05, 0) is 84.6 Å². The number of hydrogen-bond acceptors (Lipinski definition) is 14. The average Bonchev–Trinajstić information content (AvgIpc) is 4.10. The van der Waals surface area contributed by atoms with Crippen molar-refractivity contribution in [3.8, 4) is 0 Å². The minimum atomic E-state index is -1.34. The minimum absolute atomic E-state index is 0. The zero-order chi connectivity index (χ0) is 47.6. The fourth-order valence-corrected chi connectivity index (χ4v) is 9.09. The first kappa shape index (κ1) is 54.3. The number of nitrogens with zero attached hydrogens (tertiary/aromatic N) is 4. The van der Waals surface area contributed by atoms with E-state index in [2.05, 4.69) is 10.6 Å². The predicted octanol–water partition coefficient (Wildman–Crippen LogP) is -2.98. The summed E-state index contributed by atoms with van der Waals surface area (Å²) in [6, 6.07) is 2.35. The van der Waals surface area contributed by atoms with Crippen molar-refractivity contribution in [1.82, 2.24) is 30.2 Å². The van der Waals surface area contributed by atoms with Crippen molar-refractivity contribution in [3.05, 3.63) is 35.9 Å². The number of carbonyl (C=O) groups excluding carboxylic acids is 8. The van der Waals surface area contributed by atoms with E-state index >= 15 is 0 Å². The standard InChI is InChI=1S/C25H37N5O6.C18H30N4O6.CH4/c1-15(31)19(26)23(35)29-12-6-10-18(29)22(34)30-13-7-11-25(30,14-17-8-4-3-5-9-17)24(36)28-20(16(2)32)21(27)33;1-10(24)15(11(2)25)20-16(26)13-5-3-7-21(13)18(28)14-6-4-8-22(14)17(27)12(19)9-23;/h3-5,8-9,15-16,18-20,31-32H,6-7,10-14,26H2,1-2H3,(H2,27,33)(H,28,36);10,12-15,23-24H,3-9,19H2,1-2H3,(H,20,26);1H4/t15-,16-,18?,19+,20+,25?;10-,12+,13?,14?,15+;/m11./s1. The highest BCUT2D eigenvalue weighted by Gasteiger charge is 2.53. The molecule has 0 aromatic heterocycles. The summed E-state index contributed by atoms with van der Waals surface area (Å²) in [6.45, 7) is 6.33. The molecule has 0 aliphatic carbocycles. The fraction of sp³-hybridized carbons (Fsp3) is 0.682. The van der Waals surface area contributed by atoms with Crippen LogP contribution >= 0.6 is 0 Å². The van der Waals surface area contributed by atoms with E-state index in [0.717, 1.165) is 5.56 Å². The summed E-state index contributed by atoms with van der Waals surface area (Å²) in [5.41, 5.74) is 16.4. The molecule has 0 saturated carbocycles. The Morgan fingerprint density at radius 1 is 0.708 bits per heavy atom. The van der Waals surface area contributed by atoms with Crippen LogP contribution in [0.1, 0.15) is 92.1 Å². The highest BCUT2D eigenvalue weighted by molar-refractivity contribution is 5.98. The van der Waals surface area contributed by atoms with Crippen LogP contribution in [0.25, 0.3) is 0 Å². The molecule has 0 spiro atoms. The molecule has 1 aromatic carbocycles. The number of nitrogens with one attached hydrogen (secondary N) is 2. The van der Waals surface area contributed by atoms with E-state index in [4.69, 9.17) is 22.3 Å². The lowest BCUT2D eigenvalue weighted by atomic mass is 9.86. The van der Waals surface area contributed by atoms with Crippen LogP contribution in [0, 0.1) is 0 Å². The number of carbonyl (C=O) groups is 8. The number of benzene rings is 1. The maximum absolute atomic E-state index is 13.9. The van der Waals surface area contributed by atoms with Gasteiger partial charge < -0.3 is 67.9 Å². The molecule has 0 bridgehead atoms. The zero-order valence-corrected chi connectivity index (χ0v) is 37.1. The van der Waals surface area contributed by atoms with Crippen molar-refractivity contribution < 1.29 is 58.8 Å².